The molecule has 1 heterocycles. The molecule has 7 nitrogen and oxygen atoms in total. The Morgan fingerprint density at radius 3 is 2.38 bits per heavy atom. The van der Waals surface area contributed by atoms with Gasteiger partial charge in [-0.25, -0.2) is 4.39 Å². The number of hydrogen-bond acceptors (Lipinski definition) is 5. The van der Waals surface area contributed by atoms with Crippen LogP contribution in [0.5, 0.6) is 5.75 Å². The Hall–Kier alpha value is -2.97. The normalized spacial score (nSPS) is 17.9. The van der Waals surface area contributed by atoms with Gasteiger partial charge in [-0.15, -0.1) is 0 Å². The Bertz CT molecular complexity index is 1050. The fourth-order valence-corrected chi connectivity index (χ4v) is 5.16. The van der Waals surface area contributed by atoms with E-state index in [0.29, 0.717) is 31.4 Å². The molecule has 37 heavy (non-hydrogen) atoms. The average Bonchev–Trinajstić information content (AvgIpc) is 3.47. The topological polar surface area (TPSA) is 99.1 Å². The van der Waals surface area contributed by atoms with Gasteiger partial charge in [0.15, 0.2) is 12.2 Å². The number of benzene rings is 2. The number of hydrogen-bond donors (Lipinski definition) is 3. The molecule has 0 aromatic heterocycles. The lowest BCUT2D eigenvalue weighted by Crippen LogP contribution is -2.50. The maximum absolute atomic E-state index is 14.0. The number of carbonyl (C=O) groups excluding carboxylic acids is 2. The number of amides is 2. The number of aliphatic hydroxyl groups is 2. The molecule has 4 rings (SSSR count). The van der Waals surface area contributed by atoms with Crippen LogP contribution in [0.15, 0.2) is 42.5 Å². The van der Waals surface area contributed by atoms with Crippen molar-refractivity contribution >= 4 is 11.8 Å². The van der Waals surface area contributed by atoms with Crippen molar-refractivity contribution in [2.45, 2.75) is 70.1 Å². The van der Waals surface area contributed by atoms with Crippen LogP contribution < -0.4 is 10.1 Å². The molecule has 2 aliphatic rings. The maximum Gasteiger partial charge on any atom is 0.254 e. The zero-order valence-electron chi connectivity index (χ0n) is 21.2. The first-order chi connectivity index (χ1) is 17.9. The van der Waals surface area contributed by atoms with Gasteiger partial charge >= 0.3 is 0 Å². The largest absolute Gasteiger partial charge is 0.493 e. The number of nitrogens with zero attached hydrogens (tertiary/aromatic N) is 1. The van der Waals surface area contributed by atoms with E-state index in [-0.39, 0.29) is 12.4 Å². The Balaban J connectivity index is 1.31. The van der Waals surface area contributed by atoms with E-state index in [2.05, 4.69) is 5.32 Å². The second-order valence-corrected chi connectivity index (χ2v) is 10.1. The molecule has 8 heteroatoms. The van der Waals surface area contributed by atoms with Gasteiger partial charge in [-0.05, 0) is 48.4 Å². The first-order valence-electron chi connectivity index (χ1n) is 13.4. The van der Waals surface area contributed by atoms with Crippen molar-refractivity contribution in [3.05, 3.63) is 53.8 Å². The first kappa shape index (κ1) is 27.1. The molecule has 2 amide bonds. The number of halogens is 1. The van der Waals surface area contributed by atoms with Crippen LogP contribution in [0.2, 0.25) is 0 Å². The van der Waals surface area contributed by atoms with Crippen LogP contribution in [-0.4, -0.2) is 58.8 Å². The van der Waals surface area contributed by atoms with Crippen LogP contribution in [0.1, 0.15) is 56.9 Å². The maximum atomic E-state index is 14.0. The van der Waals surface area contributed by atoms with Crippen molar-refractivity contribution in [3.8, 4) is 16.9 Å². The minimum absolute atomic E-state index is 0.120. The van der Waals surface area contributed by atoms with E-state index in [1.807, 2.05) is 24.3 Å². The van der Waals surface area contributed by atoms with Crippen LogP contribution in [0, 0.1) is 11.7 Å². The second-order valence-electron chi connectivity index (χ2n) is 10.1. The molecule has 1 aliphatic carbocycles. The Kier molecular flexibility index (Phi) is 9.52. The molecule has 2 fully saturated rings. The molecule has 2 aromatic rings. The number of aliphatic hydroxyl groups excluding tert-OH is 2. The fraction of sp³-hybridized carbons (Fsp3) is 0.517. The Morgan fingerprint density at radius 2 is 1.68 bits per heavy atom. The summed E-state index contributed by atoms with van der Waals surface area (Å²) in [5, 5.41) is 22.8. The predicted molar refractivity (Wildman–Crippen MR) is 138 cm³/mol. The quantitative estimate of drug-likeness (QED) is 0.450. The van der Waals surface area contributed by atoms with Crippen molar-refractivity contribution in [2.24, 2.45) is 5.92 Å². The molecule has 1 saturated heterocycles. The fourth-order valence-electron chi connectivity index (χ4n) is 5.16. The highest BCUT2D eigenvalue weighted by Crippen LogP contribution is 2.32. The lowest BCUT2D eigenvalue weighted by Gasteiger charge is -2.22. The third kappa shape index (κ3) is 7.29. The minimum Gasteiger partial charge on any atom is -0.493 e. The molecule has 0 unspecified atom stereocenters. The Morgan fingerprint density at radius 1 is 0.973 bits per heavy atom. The van der Waals surface area contributed by atoms with E-state index in [4.69, 9.17) is 4.74 Å². The molecule has 200 valence electrons. The van der Waals surface area contributed by atoms with E-state index in [1.54, 1.807) is 6.07 Å². The summed E-state index contributed by atoms with van der Waals surface area (Å²) < 4.78 is 20.0. The van der Waals surface area contributed by atoms with Crippen molar-refractivity contribution in [3.63, 3.8) is 0 Å². The molecule has 1 aliphatic heterocycles. The molecule has 2 aromatic carbocycles. The van der Waals surface area contributed by atoms with Crippen molar-refractivity contribution < 1.29 is 28.9 Å². The molecule has 0 spiro atoms. The Labute approximate surface area is 217 Å². The lowest BCUT2D eigenvalue weighted by molar-refractivity contribution is -0.152. The summed E-state index contributed by atoms with van der Waals surface area (Å²) in [5.41, 5.74) is 2.42. The molecular formula is C29H37FN2O5. The third-order valence-electron chi connectivity index (χ3n) is 7.42. The van der Waals surface area contributed by atoms with Gasteiger partial charge in [-0.1, -0.05) is 56.4 Å². The summed E-state index contributed by atoms with van der Waals surface area (Å²) >= 11 is 0. The number of carbonyl (C=O) groups is 2. The number of rotatable bonds is 10. The molecule has 3 N–H and O–H groups in total. The first-order valence-corrected chi connectivity index (χ1v) is 13.4. The minimum atomic E-state index is -1.83. The highest BCUT2D eigenvalue weighted by molar-refractivity contribution is 5.90. The van der Waals surface area contributed by atoms with Crippen molar-refractivity contribution in [1.29, 1.82) is 0 Å². The second kappa shape index (κ2) is 13.0. The molecule has 2 atom stereocenters. The number of ether oxygens (including phenoxy) is 1. The zero-order chi connectivity index (χ0) is 26.2. The standard InChI is InChI=1S/C29H37FN2O5/c30-23-12-13-24(25(18-23)37-17-14-20-6-2-1-3-7-20)22-10-8-21(9-11-22)19-31-28(35)26(33)27(34)29(36)32-15-4-5-16-32/h8-13,18,20,26-27,33-34H,1-7,14-17,19H2,(H,31,35)/t26-,27-/m1/s1. The molecule has 1 saturated carbocycles. The van der Waals surface area contributed by atoms with E-state index < -0.39 is 24.0 Å². The molecular weight excluding hydrogens is 475 g/mol. The molecule has 0 radical (unpaired) electrons. The van der Waals surface area contributed by atoms with E-state index >= 15 is 0 Å². The smallest absolute Gasteiger partial charge is 0.254 e. The highest BCUT2D eigenvalue weighted by atomic mass is 19.1. The van der Waals surface area contributed by atoms with Gasteiger partial charge in [0.25, 0.3) is 11.8 Å². The predicted octanol–water partition coefficient (Wildman–Crippen LogP) is 3.80. The van der Waals surface area contributed by atoms with Crippen molar-refractivity contribution in [1.82, 2.24) is 10.2 Å². The average molecular weight is 513 g/mol. The lowest BCUT2D eigenvalue weighted by atomic mass is 9.87. The third-order valence-corrected chi connectivity index (χ3v) is 7.42. The highest BCUT2D eigenvalue weighted by Gasteiger charge is 2.34. The summed E-state index contributed by atoms with van der Waals surface area (Å²) in [5.74, 6) is -0.591. The van der Waals surface area contributed by atoms with Crippen LogP contribution in [0.25, 0.3) is 11.1 Å². The van der Waals surface area contributed by atoms with Gasteiger partial charge in [-0.2, -0.15) is 0 Å². The SMILES string of the molecule is O=C(NCc1ccc(-c2ccc(F)cc2OCCC2CCCCC2)cc1)[C@H](O)[C@@H](O)C(=O)N1CCCC1. The van der Waals surface area contributed by atoms with Crippen LogP contribution in [0.4, 0.5) is 4.39 Å². The van der Waals surface area contributed by atoms with Gasteiger partial charge in [0.1, 0.15) is 11.6 Å². The molecule has 0 bridgehead atoms. The van der Waals surface area contributed by atoms with Gasteiger partial charge in [0.2, 0.25) is 0 Å². The van der Waals surface area contributed by atoms with E-state index in [0.717, 1.165) is 36.0 Å². The van der Waals surface area contributed by atoms with E-state index in [9.17, 15) is 24.2 Å². The summed E-state index contributed by atoms with van der Waals surface area (Å²) in [4.78, 5) is 26.0. The zero-order valence-corrected chi connectivity index (χ0v) is 21.2. The van der Waals surface area contributed by atoms with Gasteiger partial charge in [-0.3, -0.25) is 9.59 Å². The van der Waals surface area contributed by atoms with Gasteiger partial charge in [0, 0.05) is 31.3 Å². The summed E-state index contributed by atoms with van der Waals surface area (Å²) in [6, 6.07) is 11.9. The van der Waals surface area contributed by atoms with Crippen molar-refractivity contribution in [2.75, 3.05) is 19.7 Å². The van der Waals surface area contributed by atoms with Crippen LogP contribution >= 0.6 is 0 Å². The monoisotopic (exact) mass is 512 g/mol. The van der Waals surface area contributed by atoms with E-state index in [1.165, 1.54) is 49.1 Å². The van der Waals surface area contributed by atoms with Crippen LogP contribution in [0.3, 0.4) is 0 Å². The van der Waals surface area contributed by atoms with Gasteiger partial charge < -0.3 is 25.2 Å². The summed E-state index contributed by atoms with van der Waals surface area (Å²) in [6.45, 7) is 1.73. The summed E-state index contributed by atoms with van der Waals surface area (Å²) in [7, 11) is 0. The number of likely N-dealkylation sites (tertiary alicyclic amines) is 1. The summed E-state index contributed by atoms with van der Waals surface area (Å²) in [6.07, 6.45) is 5.40. The van der Waals surface area contributed by atoms with Crippen LogP contribution in [-0.2, 0) is 16.1 Å². The van der Waals surface area contributed by atoms with Gasteiger partial charge in [0.05, 0.1) is 6.61 Å². The number of nitrogens with one attached hydrogen (secondary N) is 1.